The zero-order valence-electron chi connectivity index (χ0n) is 17.1. The van der Waals surface area contributed by atoms with E-state index in [9.17, 15) is 14.7 Å². The van der Waals surface area contributed by atoms with Crippen LogP contribution in [0.2, 0.25) is 0 Å². The molecule has 3 unspecified atom stereocenters. The number of rotatable bonds is 4. The van der Waals surface area contributed by atoms with Gasteiger partial charge in [-0.1, -0.05) is 12.2 Å². The minimum atomic E-state index is -0.594. The average Bonchev–Trinajstić information content (AvgIpc) is 3.30. The van der Waals surface area contributed by atoms with Gasteiger partial charge in [-0.15, -0.1) is 0 Å². The number of aromatic nitrogens is 3. The Labute approximate surface area is 174 Å². The molecule has 156 valence electrons. The quantitative estimate of drug-likeness (QED) is 0.757. The van der Waals surface area contributed by atoms with E-state index in [0.29, 0.717) is 23.4 Å². The average molecular weight is 406 g/mol. The SMILES string of the molecule is CNC(=O)C(=O)Cc1nn(C2[C@@H]3CC4C[C@H]2CC(O)(C4)C3)c2c3c(ncc12)CC=C3. The lowest BCUT2D eigenvalue weighted by Crippen LogP contribution is -2.55. The van der Waals surface area contributed by atoms with Crippen molar-refractivity contribution in [2.75, 3.05) is 7.05 Å². The first-order valence-corrected chi connectivity index (χ1v) is 11.0. The number of ketones is 1. The molecule has 2 aromatic heterocycles. The van der Waals surface area contributed by atoms with Crippen molar-refractivity contribution >= 4 is 28.7 Å². The van der Waals surface area contributed by atoms with Gasteiger partial charge in [0.05, 0.1) is 35.0 Å². The molecule has 0 aromatic carbocycles. The molecule has 1 amide bonds. The van der Waals surface area contributed by atoms with Crippen molar-refractivity contribution in [3.63, 3.8) is 0 Å². The van der Waals surface area contributed by atoms with Crippen LogP contribution in [0.3, 0.4) is 0 Å². The highest BCUT2D eigenvalue weighted by atomic mass is 16.3. The number of nitrogens with zero attached hydrogens (tertiary/aromatic N) is 3. The molecule has 30 heavy (non-hydrogen) atoms. The number of carbonyl (C=O) groups is 2. The van der Waals surface area contributed by atoms with Crippen LogP contribution in [-0.4, -0.2) is 44.2 Å². The number of nitrogens with one attached hydrogen (secondary N) is 1. The Morgan fingerprint density at radius 1 is 1.27 bits per heavy atom. The molecule has 2 N–H and O–H groups in total. The molecule has 4 fully saturated rings. The topological polar surface area (TPSA) is 97.1 Å². The van der Waals surface area contributed by atoms with Crippen molar-refractivity contribution in [2.45, 2.75) is 56.6 Å². The van der Waals surface area contributed by atoms with Gasteiger partial charge in [0.15, 0.2) is 0 Å². The van der Waals surface area contributed by atoms with Crippen LogP contribution in [0, 0.1) is 17.8 Å². The van der Waals surface area contributed by atoms with Gasteiger partial charge in [0, 0.05) is 30.6 Å². The van der Waals surface area contributed by atoms with Crippen LogP contribution in [0.4, 0.5) is 0 Å². The maximum Gasteiger partial charge on any atom is 0.287 e. The zero-order chi connectivity index (χ0) is 20.6. The first-order valence-electron chi connectivity index (χ1n) is 11.0. The summed E-state index contributed by atoms with van der Waals surface area (Å²) in [5.74, 6) is 0.345. The van der Waals surface area contributed by atoms with Gasteiger partial charge in [-0.3, -0.25) is 19.3 Å². The van der Waals surface area contributed by atoms with Crippen LogP contribution >= 0.6 is 0 Å². The maximum absolute atomic E-state index is 12.4. The summed E-state index contributed by atoms with van der Waals surface area (Å²) in [5.41, 5.74) is 3.29. The summed E-state index contributed by atoms with van der Waals surface area (Å²) in [6, 6.07) is 0.230. The van der Waals surface area contributed by atoms with Crippen LogP contribution in [0.5, 0.6) is 0 Å². The number of allylic oxidation sites excluding steroid dienone is 1. The largest absolute Gasteiger partial charge is 0.390 e. The lowest BCUT2D eigenvalue weighted by Gasteiger charge is -2.58. The number of carbonyl (C=O) groups excluding carboxylic acids is 2. The van der Waals surface area contributed by atoms with Gasteiger partial charge in [-0.2, -0.15) is 5.10 Å². The van der Waals surface area contributed by atoms with E-state index in [0.717, 1.165) is 60.7 Å². The standard InChI is InChI=1S/C23H26N4O3/c1-24-22(29)19(28)7-18-16-11-25-17-4-2-3-15(17)21(16)27(26-18)20-13-5-12-6-14(20)10-23(30,8-12)9-13/h2-3,11-14,20,30H,4-10H2,1H3,(H,24,29)/t12?,13-,14+,20?,23?. The predicted molar refractivity (Wildman–Crippen MR) is 111 cm³/mol. The van der Waals surface area contributed by atoms with E-state index in [2.05, 4.69) is 27.1 Å². The Kier molecular flexibility index (Phi) is 3.79. The Bertz CT molecular complexity index is 1100. The summed E-state index contributed by atoms with van der Waals surface area (Å²) >= 11 is 0. The minimum absolute atomic E-state index is 0.0258. The van der Waals surface area contributed by atoms with Gasteiger partial charge in [0.25, 0.3) is 5.91 Å². The molecule has 0 saturated heterocycles. The number of fused-ring (bicyclic) bond motifs is 3. The van der Waals surface area contributed by atoms with Crippen LogP contribution in [0.25, 0.3) is 17.0 Å². The fourth-order valence-electron chi connectivity index (χ4n) is 6.95. The molecule has 4 saturated carbocycles. The van der Waals surface area contributed by atoms with Crippen LogP contribution < -0.4 is 5.32 Å². The maximum atomic E-state index is 12.4. The van der Waals surface area contributed by atoms with E-state index in [1.165, 1.54) is 7.05 Å². The molecule has 0 spiro atoms. The van der Waals surface area contributed by atoms with Crippen LogP contribution in [0.15, 0.2) is 12.3 Å². The summed E-state index contributed by atoms with van der Waals surface area (Å²) in [7, 11) is 1.47. The normalized spacial score (nSPS) is 33.3. The first kappa shape index (κ1) is 18.2. The molecular formula is C23H26N4O3. The highest BCUT2D eigenvalue weighted by molar-refractivity contribution is 6.36. The Morgan fingerprint density at radius 2 is 2.03 bits per heavy atom. The van der Waals surface area contributed by atoms with E-state index in [4.69, 9.17) is 5.10 Å². The predicted octanol–water partition coefficient (Wildman–Crippen LogP) is 1.97. The van der Waals surface area contributed by atoms with Crippen LogP contribution in [-0.2, 0) is 22.4 Å². The second-order valence-electron chi connectivity index (χ2n) is 9.74. The van der Waals surface area contributed by atoms with Gasteiger partial charge in [-0.25, -0.2) is 0 Å². The third-order valence-corrected chi connectivity index (χ3v) is 7.82. The summed E-state index contributed by atoms with van der Waals surface area (Å²) < 4.78 is 2.15. The summed E-state index contributed by atoms with van der Waals surface area (Å²) in [5, 5.41) is 19.2. The fraction of sp³-hybridized carbons (Fsp3) is 0.565. The van der Waals surface area contributed by atoms with Crippen molar-refractivity contribution < 1.29 is 14.7 Å². The summed E-state index contributed by atoms with van der Waals surface area (Å²) in [6.07, 6.45) is 11.7. The second-order valence-corrected chi connectivity index (χ2v) is 9.74. The van der Waals surface area contributed by atoms with Gasteiger partial charge < -0.3 is 10.4 Å². The number of hydrogen-bond acceptors (Lipinski definition) is 5. The summed E-state index contributed by atoms with van der Waals surface area (Å²) in [6.45, 7) is 0. The van der Waals surface area contributed by atoms with E-state index in [1.54, 1.807) is 0 Å². The molecule has 7 nitrogen and oxygen atoms in total. The van der Waals surface area contributed by atoms with Gasteiger partial charge in [0.1, 0.15) is 0 Å². The minimum Gasteiger partial charge on any atom is -0.390 e. The molecule has 7 rings (SSSR count). The van der Waals surface area contributed by atoms with E-state index >= 15 is 0 Å². The third kappa shape index (κ3) is 2.54. The number of amides is 1. The molecule has 5 aliphatic carbocycles. The van der Waals surface area contributed by atoms with Crippen molar-refractivity contribution in [3.8, 4) is 0 Å². The highest BCUT2D eigenvalue weighted by Crippen LogP contribution is 2.60. The van der Waals surface area contributed by atoms with Crippen molar-refractivity contribution in [1.29, 1.82) is 0 Å². The first-order chi connectivity index (χ1) is 14.5. The van der Waals surface area contributed by atoms with Crippen molar-refractivity contribution in [1.82, 2.24) is 20.1 Å². The van der Waals surface area contributed by atoms with Crippen molar-refractivity contribution in [2.24, 2.45) is 17.8 Å². The molecule has 7 heteroatoms. The molecule has 2 aromatic rings. The molecule has 5 atom stereocenters. The molecule has 0 aliphatic heterocycles. The lowest BCUT2D eigenvalue weighted by molar-refractivity contribution is -0.148. The smallest absolute Gasteiger partial charge is 0.287 e. The Balaban J connectivity index is 1.49. The summed E-state index contributed by atoms with van der Waals surface area (Å²) in [4.78, 5) is 28.8. The molecule has 2 heterocycles. The van der Waals surface area contributed by atoms with E-state index in [1.807, 2.05) is 6.20 Å². The number of likely N-dealkylation sites (N-methyl/N-ethyl adjacent to an activating group) is 1. The van der Waals surface area contributed by atoms with E-state index < -0.39 is 17.3 Å². The monoisotopic (exact) mass is 406 g/mol. The number of Topliss-reactive ketones (excluding diaryl/α,β-unsaturated/α-hetero) is 1. The Morgan fingerprint density at radius 3 is 2.73 bits per heavy atom. The molecular weight excluding hydrogens is 380 g/mol. The number of aliphatic hydroxyl groups is 1. The van der Waals surface area contributed by atoms with Crippen LogP contribution in [0.1, 0.15) is 55.1 Å². The van der Waals surface area contributed by atoms with Gasteiger partial charge in [-0.05, 0) is 49.9 Å². The number of hydrogen-bond donors (Lipinski definition) is 2. The highest BCUT2D eigenvalue weighted by Gasteiger charge is 2.55. The Hall–Kier alpha value is -2.54. The second kappa shape index (κ2) is 6.23. The number of pyridine rings is 1. The van der Waals surface area contributed by atoms with Gasteiger partial charge in [0.2, 0.25) is 5.78 Å². The fourth-order valence-corrected chi connectivity index (χ4v) is 6.95. The van der Waals surface area contributed by atoms with Crippen molar-refractivity contribution in [3.05, 3.63) is 29.2 Å². The van der Waals surface area contributed by atoms with Gasteiger partial charge >= 0.3 is 0 Å². The molecule has 0 radical (unpaired) electrons. The zero-order valence-corrected chi connectivity index (χ0v) is 17.1. The third-order valence-electron chi connectivity index (χ3n) is 7.82. The molecule has 4 bridgehead atoms. The lowest BCUT2D eigenvalue weighted by atomic mass is 9.52. The van der Waals surface area contributed by atoms with E-state index in [-0.39, 0.29) is 12.5 Å². The molecule has 5 aliphatic rings.